The van der Waals surface area contributed by atoms with Crippen molar-refractivity contribution in [1.29, 1.82) is 0 Å². The third-order valence-electron chi connectivity index (χ3n) is 3.20. The molecule has 0 radical (unpaired) electrons. The summed E-state index contributed by atoms with van der Waals surface area (Å²) >= 11 is 0. The summed E-state index contributed by atoms with van der Waals surface area (Å²) in [5.74, 6) is -0.0115. The highest BCUT2D eigenvalue weighted by Crippen LogP contribution is 2.17. The first kappa shape index (κ1) is 14.2. The molecule has 19 heavy (non-hydrogen) atoms. The summed E-state index contributed by atoms with van der Waals surface area (Å²) in [6.07, 6.45) is 0.800. The smallest absolute Gasteiger partial charge is 0.165 e. The molecule has 2 N–H and O–H groups in total. The Bertz CT molecular complexity index is 395. The van der Waals surface area contributed by atoms with E-state index in [1.54, 1.807) is 6.07 Å². The number of nitrogens with one attached hydrogen (secondary N) is 2. The molecule has 0 bridgehead atoms. The van der Waals surface area contributed by atoms with E-state index in [0.717, 1.165) is 44.8 Å². The van der Waals surface area contributed by atoms with Crippen molar-refractivity contribution in [3.05, 3.63) is 29.6 Å². The number of hydrogen-bond donors (Lipinski definition) is 2. The topological polar surface area (TPSA) is 42.5 Å². The summed E-state index contributed by atoms with van der Waals surface area (Å²) in [5.41, 5.74) is 0.971. The predicted molar refractivity (Wildman–Crippen MR) is 72.1 cm³/mol. The Balaban J connectivity index is 1.69. The second-order valence-electron chi connectivity index (χ2n) is 4.65. The van der Waals surface area contributed by atoms with Gasteiger partial charge in [-0.3, -0.25) is 0 Å². The zero-order valence-corrected chi connectivity index (χ0v) is 11.2. The van der Waals surface area contributed by atoms with Crippen molar-refractivity contribution in [2.45, 2.75) is 12.5 Å². The van der Waals surface area contributed by atoms with Crippen molar-refractivity contribution in [3.63, 3.8) is 0 Å². The first-order valence-electron chi connectivity index (χ1n) is 6.64. The van der Waals surface area contributed by atoms with Crippen LogP contribution < -0.4 is 15.4 Å². The molecule has 1 fully saturated rings. The Hall–Kier alpha value is -1.17. The number of rotatable bonds is 6. The van der Waals surface area contributed by atoms with Gasteiger partial charge in [0, 0.05) is 19.1 Å². The Labute approximate surface area is 113 Å². The highest BCUT2D eigenvalue weighted by molar-refractivity contribution is 5.29. The van der Waals surface area contributed by atoms with Gasteiger partial charge in [-0.05, 0) is 30.7 Å². The quantitative estimate of drug-likeness (QED) is 0.754. The van der Waals surface area contributed by atoms with Crippen LogP contribution in [0.15, 0.2) is 18.2 Å². The molecule has 1 atom stereocenters. The Kier molecular flexibility index (Phi) is 5.57. The number of ether oxygens (including phenoxy) is 2. The van der Waals surface area contributed by atoms with E-state index in [0.29, 0.717) is 11.8 Å². The first-order valence-corrected chi connectivity index (χ1v) is 6.64. The van der Waals surface area contributed by atoms with Gasteiger partial charge in [-0.2, -0.15) is 0 Å². The fourth-order valence-electron chi connectivity index (χ4n) is 2.13. The molecular formula is C14H21FN2O2. The number of methoxy groups -OCH3 is 1. The maximum absolute atomic E-state index is 13.5. The van der Waals surface area contributed by atoms with Gasteiger partial charge in [0.05, 0.1) is 20.3 Å². The van der Waals surface area contributed by atoms with Gasteiger partial charge in [0.2, 0.25) is 0 Å². The Morgan fingerprint density at radius 2 is 2.42 bits per heavy atom. The molecule has 4 nitrogen and oxygen atoms in total. The summed E-state index contributed by atoms with van der Waals surface area (Å²) < 4.78 is 23.7. The highest BCUT2D eigenvalue weighted by atomic mass is 19.1. The van der Waals surface area contributed by atoms with Crippen LogP contribution in [0.25, 0.3) is 0 Å². The highest BCUT2D eigenvalue weighted by Gasteiger charge is 2.11. The second kappa shape index (κ2) is 7.43. The van der Waals surface area contributed by atoms with Crippen LogP contribution in [0.2, 0.25) is 0 Å². The molecule has 106 valence electrons. The summed E-state index contributed by atoms with van der Waals surface area (Å²) in [6, 6.07) is 5.47. The van der Waals surface area contributed by atoms with Crippen LogP contribution in [0, 0.1) is 5.82 Å². The van der Waals surface area contributed by atoms with Gasteiger partial charge in [-0.1, -0.05) is 6.07 Å². The fourth-order valence-corrected chi connectivity index (χ4v) is 2.13. The zero-order valence-electron chi connectivity index (χ0n) is 11.2. The second-order valence-corrected chi connectivity index (χ2v) is 4.65. The molecule has 1 unspecified atom stereocenters. The lowest BCUT2D eigenvalue weighted by Gasteiger charge is -2.24. The van der Waals surface area contributed by atoms with E-state index < -0.39 is 0 Å². The van der Waals surface area contributed by atoms with Gasteiger partial charge >= 0.3 is 0 Å². The van der Waals surface area contributed by atoms with E-state index >= 15 is 0 Å². The van der Waals surface area contributed by atoms with Gasteiger partial charge in [-0.15, -0.1) is 0 Å². The summed E-state index contributed by atoms with van der Waals surface area (Å²) in [6.45, 7) is 4.16. The number of halogens is 1. The molecule has 0 saturated carbocycles. The molecular weight excluding hydrogens is 247 g/mol. The fraction of sp³-hybridized carbons (Fsp3) is 0.571. The maximum Gasteiger partial charge on any atom is 0.165 e. The molecule has 1 aliphatic rings. The van der Waals surface area contributed by atoms with Crippen LogP contribution in [0.4, 0.5) is 4.39 Å². The van der Waals surface area contributed by atoms with Crippen LogP contribution in [-0.4, -0.2) is 46.0 Å². The lowest BCUT2D eigenvalue weighted by Crippen LogP contribution is -2.47. The minimum atomic E-state index is -0.303. The van der Waals surface area contributed by atoms with Gasteiger partial charge in [0.15, 0.2) is 11.6 Å². The molecule has 5 heteroatoms. The first-order chi connectivity index (χ1) is 9.29. The molecule has 2 rings (SSSR count). The zero-order chi connectivity index (χ0) is 13.5. The van der Waals surface area contributed by atoms with Crippen LogP contribution in [-0.2, 0) is 11.2 Å². The third-order valence-corrected chi connectivity index (χ3v) is 3.20. The molecule has 0 amide bonds. The lowest BCUT2D eigenvalue weighted by molar-refractivity contribution is 0.0768. The van der Waals surface area contributed by atoms with E-state index in [1.165, 1.54) is 13.2 Å². The van der Waals surface area contributed by atoms with Crippen molar-refractivity contribution >= 4 is 0 Å². The summed E-state index contributed by atoms with van der Waals surface area (Å²) in [5, 5.41) is 6.73. The Morgan fingerprint density at radius 1 is 1.53 bits per heavy atom. The van der Waals surface area contributed by atoms with Crippen molar-refractivity contribution in [1.82, 2.24) is 10.6 Å². The van der Waals surface area contributed by atoms with Crippen molar-refractivity contribution in [2.24, 2.45) is 0 Å². The van der Waals surface area contributed by atoms with Gasteiger partial charge in [0.25, 0.3) is 0 Å². The van der Waals surface area contributed by atoms with Crippen molar-refractivity contribution in [3.8, 4) is 5.75 Å². The molecule has 0 aliphatic carbocycles. The van der Waals surface area contributed by atoms with E-state index in [9.17, 15) is 4.39 Å². The van der Waals surface area contributed by atoms with E-state index in [-0.39, 0.29) is 5.82 Å². The SMILES string of the molecule is COc1ccc(CCNCC2COCCN2)cc1F. The van der Waals surface area contributed by atoms with Gasteiger partial charge in [0.1, 0.15) is 0 Å². The maximum atomic E-state index is 13.5. The van der Waals surface area contributed by atoms with Crippen LogP contribution >= 0.6 is 0 Å². The predicted octanol–water partition coefficient (Wildman–Crippen LogP) is 0.955. The molecule has 1 aromatic rings. The largest absolute Gasteiger partial charge is 0.494 e. The number of benzene rings is 1. The molecule has 1 heterocycles. The molecule has 0 aromatic heterocycles. The van der Waals surface area contributed by atoms with Gasteiger partial charge < -0.3 is 20.1 Å². The standard InChI is InChI=1S/C14H21FN2O2/c1-18-14-3-2-11(8-13(14)15)4-5-16-9-12-10-19-7-6-17-12/h2-3,8,12,16-17H,4-7,9-10H2,1H3. The van der Waals surface area contributed by atoms with Crippen molar-refractivity contribution < 1.29 is 13.9 Å². The number of morpholine rings is 1. The minimum absolute atomic E-state index is 0.292. The molecule has 1 aromatic carbocycles. The van der Waals surface area contributed by atoms with Crippen LogP contribution in [0.3, 0.4) is 0 Å². The summed E-state index contributed by atoms with van der Waals surface area (Å²) in [7, 11) is 1.47. The molecule has 1 saturated heterocycles. The molecule has 0 spiro atoms. The lowest BCUT2D eigenvalue weighted by atomic mass is 10.1. The summed E-state index contributed by atoms with van der Waals surface area (Å²) in [4.78, 5) is 0. The average molecular weight is 268 g/mol. The number of hydrogen-bond acceptors (Lipinski definition) is 4. The normalized spacial score (nSPS) is 19.4. The minimum Gasteiger partial charge on any atom is -0.494 e. The molecule has 1 aliphatic heterocycles. The van der Waals surface area contributed by atoms with Crippen molar-refractivity contribution in [2.75, 3.05) is 40.0 Å². The van der Waals surface area contributed by atoms with E-state index in [4.69, 9.17) is 9.47 Å². The third kappa shape index (κ3) is 4.45. The van der Waals surface area contributed by atoms with Crippen LogP contribution in [0.1, 0.15) is 5.56 Å². The average Bonchev–Trinajstić information content (AvgIpc) is 2.45. The van der Waals surface area contributed by atoms with Crippen LogP contribution in [0.5, 0.6) is 5.75 Å². The van der Waals surface area contributed by atoms with E-state index in [2.05, 4.69) is 10.6 Å². The monoisotopic (exact) mass is 268 g/mol. The van der Waals surface area contributed by atoms with Gasteiger partial charge in [-0.25, -0.2) is 4.39 Å². The van der Waals surface area contributed by atoms with E-state index in [1.807, 2.05) is 6.07 Å². The Morgan fingerprint density at radius 3 is 3.11 bits per heavy atom.